The highest BCUT2D eigenvalue weighted by molar-refractivity contribution is 7.10. The van der Waals surface area contributed by atoms with Crippen LogP contribution in [0.15, 0.2) is 17.5 Å². The fraction of sp³-hybridized carbons (Fsp3) is 0.375. The van der Waals surface area contributed by atoms with Crippen LogP contribution in [0.3, 0.4) is 0 Å². The molecule has 3 nitrogen and oxygen atoms in total. The molecule has 0 aliphatic rings. The van der Waals surface area contributed by atoms with Gasteiger partial charge >= 0.3 is 5.97 Å². The summed E-state index contributed by atoms with van der Waals surface area (Å²) in [7, 11) is 1.33. The standard InChI is InChI=1S/C8H11NO2S/c1-8(9,7(10)11-2)6-4-3-5-12-6/h3-5H,9H2,1-2H3. The second kappa shape index (κ2) is 3.25. The van der Waals surface area contributed by atoms with E-state index in [0.29, 0.717) is 0 Å². The predicted molar refractivity (Wildman–Crippen MR) is 47.9 cm³/mol. The Morgan fingerprint density at radius 1 is 1.75 bits per heavy atom. The minimum Gasteiger partial charge on any atom is -0.467 e. The van der Waals surface area contributed by atoms with Crippen molar-refractivity contribution >= 4 is 17.3 Å². The number of thiophene rings is 1. The van der Waals surface area contributed by atoms with E-state index < -0.39 is 11.5 Å². The first-order chi connectivity index (χ1) is 5.59. The van der Waals surface area contributed by atoms with Crippen LogP contribution in [0.2, 0.25) is 0 Å². The molecule has 0 saturated carbocycles. The monoisotopic (exact) mass is 185 g/mol. The highest BCUT2D eigenvalue weighted by Gasteiger charge is 2.32. The van der Waals surface area contributed by atoms with Crippen LogP contribution in [0.1, 0.15) is 11.8 Å². The molecular formula is C8H11NO2S. The van der Waals surface area contributed by atoms with Crippen LogP contribution in [0, 0.1) is 0 Å². The van der Waals surface area contributed by atoms with Gasteiger partial charge in [-0.3, -0.25) is 0 Å². The molecule has 1 aromatic rings. The quantitative estimate of drug-likeness (QED) is 0.702. The molecular weight excluding hydrogens is 174 g/mol. The second-order valence-electron chi connectivity index (χ2n) is 2.67. The molecule has 66 valence electrons. The van der Waals surface area contributed by atoms with Gasteiger partial charge in [-0.1, -0.05) is 6.07 Å². The number of rotatable bonds is 2. The van der Waals surface area contributed by atoms with Gasteiger partial charge in [0.1, 0.15) is 5.54 Å². The summed E-state index contributed by atoms with van der Waals surface area (Å²) in [6.45, 7) is 1.64. The summed E-state index contributed by atoms with van der Waals surface area (Å²) in [4.78, 5) is 12.0. The first kappa shape index (κ1) is 9.22. The Bertz CT molecular complexity index is 267. The SMILES string of the molecule is COC(=O)C(C)(N)c1cccs1. The molecule has 1 rings (SSSR count). The lowest BCUT2D eigenvalue weighted by molar-refractivity contribution is -0.146. The van der Waals surface area contributed by atoms with Crippen LogP contribution < -0.4 is 5.73 Å². The molecule has 0 amide bonds. The van der Waals surface area contributed by atoms with Gasteiger partial charge in [0.05, 0.1) is 7.11 Å². The number of nitrogens with two attached hydrogens (primary N) is 1. The molecule has 0 spiro atoms. The van der Waals surface area contributed by atoms with Gasteiger partial charge < -0.3 is 10.5 Å². The Morgan fingerprint density at radius 3 is 2.83 bits per heavy atom. The van der Waals surface area contributed by atoms with Crippen LogP contribution in [0.5, 0.6) is 0 Å². The van der Waals surface area contributed by atoms with E-state index >= 15 is 0 Å². The van der Waals surface area contributed by atoms with E-state index in [2.05, 4.69) is 4.74 Å². The van der Waals surface area contributed by atoms with E-state index in [1.54, 1.807) is 6.92 Å². The Morgan fingerprint density at radius 2 is 2.42 bits per heavy atom. The maximum Gasteiger partial charge on any atom is 0.331 e. The number of hydrogen-bond acceptors (Lipinski definition) is 4. The third kappa shape index (κ3) is 1.49. The van der Waals surface area contributed by atoms with Gasteiger partial charge in [0.25, 0.3) is 0 Å². The van der Waals surface area contributed by atoms with E-state index in [0.717, 1.165) is 4.88 Å². The summed E-state index contributed by atoms with van der Waals surface area (Å²) in [5, 5.41) is 1.88. The number of carbonyl (C=O) groups is 1. The fourth-order valence-electron chi connectivity index (χ4n) is 0.887. The predicted octanol–water partition coefficient (Wildman–Crippen LogP) is 1.09. The van der Waals surface area contributed by atoms with E-state index in [4.69, 9.17) is 5.73 Å². The third-order valence-corrected chi connectivity index (χ3v) is 2.75. The Labute approximate surface area is 75.1 Å². The average molecular weight is 185 g/mol. The van der Waals surface area contributed by atoms with Crippen molar-refractivity contribution < 1.29 is 9.53 Å². The smallest absolute Gasteiger partial charge is 0.331 e. The molecule has 0 aliphatic carbocycles. The van der Waals surface area contributed by atoms with E-state index in [1.165, 1.54) is 18.4 Å². The van der Waals surface area contributed by atoms with E-state index in [-0.39, 0.29) is 0 Å². The van der Waals surface area contributed by atoms with Gasteiger partial charge in [-0.15, -0.1) is 11.3 Å². The zero-order valence-electron chi connectivity index (χ0n) is 7.03. The van der Waals surface area contributed by atoms with Gasteiger partial charge in [0, 0.05) is 4.88 Å². The summed E-state index contributed by atoms with van der Waals surface area (Å²) < 4.78 is 4.58. The topological polar surface area (TPSA) is 52.3 Å². The van der Waals surface area contributed by atoms with Crippen molar-refractivity contribution in [3.8, 4) is 0 Å². The van der Waals surface area contributed by atoms with Gasteiger partial charge in [0.15, 0.2) is 0 Å². The van der Waals surface area contributed by atoms with Crippen molar-refractivity contribution in [1.82, 2.24) is 0 Å². The molecule has 0 radical (unpaired) electrons. The van der Waals surface area contributed by atoms with Crippen molar-refractivity contribution in [2.24, 2.45) is 5.73 Å². The van der Waals surface area contributed by atoms with E-state index in [1.807, 2.05) is 17.5 Å². The fourth-order valence-corrected chi connectivity index (χ4v) is 1.68. The highest BCUT2D eigenvalue weighted by atomic mass is 32.1. The van der Waals surface area contributed by atoms with Crippen LogP contribution >= 0.6 is 11.3 Å². The maximum atomic E-state index is 11.2. The molecule has 4 heteroatoms. The largest absolute Gasteiger partial charge is 0.467 e. The molecule has 0 aliphatic heterocycles. The average Bonchev–Trinajstić information content (AvgIpc) is 2.55. The van der Waals surface area contributed by atoms with Crippen molar-refractivity contribution in [1.29, 1.82) is 0 Å². The Kier molecular flexibility index (Phi) is 2.49. The van der Waals surface area contributed by atoms with Crippen molar-refractivity contribution in [2.45, 2.75) is 12.5 Å². The van der Waals surface area contributed by atoms with Crippen molar-refractivity contribution in [3.63, 3.8) is 0 Å². The number of hydrogen-bond donors (Lipinski definition) is 1. The van der Waals surface area contributed by atoms with Gasteiger partial charge in [-0.25, -0.2) is 4.79 Å². The van der Waals surface area contributed by atoms with Gasteiger partial charge in [-0.05, 0) is 18.4 Å². The summed E-state index contributed by atoms with van der Waals surface area (Å²) in [5.74, 6) is -0.412. The number of methoxy groups -OCH3 is 1. The lowest BCUT2D eigenvalue weighted by Gasteiger charge is -2.19. The zero-order valence-corrected chi connectivity index (χ0v) is 7.85. The molecule has 0 fully saturated rings. The summed E-state index contributed by atoms with van der Waals surface area (Å²) >= 11 is 1.45. The molecule has 12 heavy (non-hydrogen) atoms. The van der Waals surface area contributed by atoms with Crippen molar-refractivity contribution in [2.75, 3.05) is 7.11 Å². The van der Waals surface area contributed by atoms with Crippen LogP contribution in [-0.4, -0.2) is 13.1 Å². The molecule has 0 bridgehead atoms. The number of ether oxygens (including phenoxy) is 1. The molecule has 0 aromatic carbocycles. The van der Waals surface area contributed by atoms with Crippen LogP contribution in [0.25, 0.3) is 0 Å². The van der Waals surface area contributed by atoms with Crippen LogP contribution in [0.4, 0.5) is 0 Å². The van der Waals surface area contributed by atoms with Gasteiger partial charge in [0.2, 0.25) is 0 Å². The molecule has 1 aromatic heterocycles. The molecule has 0 saturated heterocycles. The lowest BCUT2D eigenvalue weighted by Crippen LogP contribution is -2.41. The highest BCUT2D eigenvalue weighted by Crippen LogP contribution is 2.23. The number of carbonyl (C=O) groups excluding carboxylic acids is 1. The second-order valence-corrected chi connectivity index (χ2v) is 3.62. The maximum absolute atomic E-state index is 11.2. The first-order valence-corrected chi connectivity index (χ1v) is 4.38. The zero-order chi connectivity index (χ0) is 9.19. The first-order valence-electron chi connectivity index (χ1n) is 3.50. The van der Waals surface area contributed by atoms with Crippen LogP contribution in [-0.2, 0) is 15.1 Å². The molecule has 1 atom stereocenters. The minimum absolute atomic E-state index is 0.412. The van der Waals surface area contributed by atoms with Gasteiger partial charge in [-0.2, -0.15) is 0 Å². The molecule has 1 heterocycles. The van der Waals surface area contributed by atoms with Crippen molar-refractivity contribution in [3.05, 3.63) is 22.4 Å². The lowest BCUT2D eigenvalue weighted by atomic mass is 10.0. The summed E-state index contributed by atoms with van der Waals surface area (Å²) in [6.07, 6.45) is 0. The molecule has 1 unspecified atom stereocenters. The minimum atomic E-state index is -1.01. The Balaban J connectivity index is 2.93. The normalized spacial score (nSPS) is 15.2. The molecule has 2 N–H and O–H groups in total. The Hall–Kier alpha value is -0.870. The van der Waals surface area contributed by atoms with E-state index in [9.17, 15) is 4.79 Å². The summed E-state index contributed by atoms with van der Waals surface area (Å²) in [6, 6.07) is 3.68. The summed E-state index contributed by atoms with van der Waals surface area (Å²) in [5.41, 5.74) is 4.76. The third-order valence-electron chi connectivity index (χ3n) is 1.64. The number of esters is 1.